The molecule has 2 heteroatoms. The zero-order chi connectivity index (χ0) is 13.4. The largest absolute Gasteiger partial charge is 0.324 e. The molecular weight excluding hydrogens is 220 g/mol. The van der Waals surface area contributed by atoms with Crippen molar-refractivity contribution in [1.82, 2.24) is 4.90 Å². The van der Waals surface area contributed by atoms with Crippen LogP contribution in [0.1, 0.15) is 50.3 Å². The summed E-state index contributed by atoms with van der Waals surface area (Å²) in [7, 11) is 0. The molecular formula is C16H28N2. The maximum Gasteiger partial charge on any atom is 0.0307 e. The van der Waals surface area contributed by atoms with Gasteiger partial charge in [0.1, 0.15) is 0 Å². The van der Waals surface area contributed by atoms with Gasteiger partial charge in [-0.15, -0.1) is 0 Å². The standard InChI is InChI=1S/C16H28N2/c1-4-10-18(11-5-2)12-9-16(17)15-8-6-7-14(3)13-15/h6-8,13,16H,4-5,9-12,17H2,1-3H3. The third-order valence-electron chi connectivity index (χ3n) is 3.31. The zero-order valence-electron chi connectivity index (χ0n) is 12.2. The van der Waals surface area contributed by atoms with Crippen LogP contribution >= 0.6 is 0 Å². The van der Waals surface area contributed by atoms with Crippen LogP contribution < -0.4 is 5.73 Å². The molecule has 0 fully saturated rings. The van der Waals surface area contributed by atoms with Gasteiger partial charge < -0.3 is 10.6 Å². The maximum atomic E-state index is 6.28. The Morgan fingerprint density at radius 2 is 1.78 bits per heavy atom. The molecule has 0 aliphatic heterocycles. The second-order valence-electron chi connectivity index (χ2n) is 5.15. The van der Waals surface area contributed by atoms with Crippen molar-refractivity contribution in [3.05, 3.63) is 35.4 Å². The molecule has 1 unspecified atom stereocenters. The summed E-state index contributed by atoms with van der Waals surface area (Å²) < 4.78 is 0. The molecule has 102 valence electrons. The zero-order valence-corrected chi connectivity index (χ0v) is 12.2. The molecule has 1 aromatic carbocycles. The maximum absolute atomic E-state index is 6.28. The van der Waals surface area contributed by atoms with Gasteiger partial charge in [-0.05, 0) is 51.4 Å². The van der Waals surface area contributed by atoms with Crippen molar-refractivity contribution in [1.29, 1.82) is 0 Å². The smallest absolute Gasteiger partial charge is 0.0307 e. The number of hydrogen-bond acceptors (Lipinski definition) is 2. The summed E-state index contributed by atoms with van der Waals surface area (Å²) in [5.41, 5.74) is 8.84. The van der Waals surface area contributed by atoms with Gasteiger partial charge >= 0.3 is 0 Å². The van der Waals surface area contributed by atoms with Gasteiger partial charge in [0.25, 0.3) is 0 Å². The van der Waals surface area contributed by atoms with E-state index in [0.717, 1.165) is 13.0 Å². The van der Waals surface area contributed by atoms with E-state index in [9.17, 15) is 0 Å². The van der Waals surface area contributed by atoms with Crippen LogP contribution in [0, 0.1) is 6.92 Å². The Hall–Kier alpha value is -0.860. The highest BCUT2D eigenvalue weighted by Crippen LogP contribution is 2.16. The molecule has 1 rings (SSSR count). The highest BCUT2D eigenvalue weighted by molar-refractivity contribution is 5.24. The Morgan fingerprint density at radius 3 is 2.33 bits per heavy atom. The Balaban J connectivity index is 2.46. The molecule has 18 heavy (non-hydrogen) atoms. The van der Waals surface area contributed by atoms with Crippen LogP contribution in [-0.2, 0) is 0 Å². The minimum Gasteiger partial charge on any atom is -0.324 e. The first-order valence-corrected chi connectivity index (χ1v) is 7.21. The van der Waals surface area contributed by atoms with Crippen molar-refractivity contribution in [2.45, 2.75) is 46.1 Å². The van der Waals surface area contributed by atoms with Crippen molar-refractivity contribution in [2.75, 3.05) is 19.6 Å². The highest BCUT2D eigenvalue weighted by Gasteiger charge is 2.09. The van der Waals surface area contributed by atoms with E-state index in [1.165, 1.54) is 37.1 Å². The van der Waals surface area contributed by atoms with Crippen LogP contribution in [-0.4, -0.2) is 24.5 Å². The van der Waals surface area contributed by atoms with Crippen LogP contribution in [0.15, 0.2) is 24.3 Å². The summed E-state index contributed by atoms with van der Waals surface area (Å²) in [6.45, 7) is 10.1. The summed E-state index contributed by atoms with van der Waals surface area (Å²) >= 11 is 0. The molecule has 0 radical (unpaired) electrons. The van der Waals surface area contributed by atoms with Crippen molar-refractivity contribution in [3.63, 3.8) is 0 Å². The van der Waals surface area contributed by atoms with E-state index >= 15 is 0 Å². The fraction of sp³-hybridized carbons (Fsp3) is 0.625. The summed E-state index contributed by atoms with van der Waals surface area (Å²) in [5, 5.41) is 0. The van der Waals surface area contributed by atoms with Gasteiger partial charge in [-0.25, -0.2) is 0 Å². The average molecular weight is 248 g/mol. The Morgan fingerprint density at radius 1 is 1.11 bits per heavy atom. The highest BCUT2D eigenvalue weighted by atomic mass is 15.1. The van der Waals surface area contributed by atoms with Crippen molar-refractivity contribution < 1.29 is 0 Å². The molecule has 0 aromatic heterocycles. The molecule has 0 saturated heterocycles. The van der Waals surface area contributed by atoms with Gasteiger partial charge in [-0.1, -0.05) is 43.7 Å². The minimum absolute atomic E-state index is 0.168. The van der Waals surface area contributed by atoms with Crippen LogP contribution in [0.25, 0.3) is 0 Å². The topological polar surface area (TPSA) is 29.3 Å². The summed E-state index contributed by atoms with van der Waals surface area (Å²) in [6.07, 6.45) is 3.49. The van der Waals surface area contributed by atoms with Crippen LogP contribution in [0.2, 0.25) is 0 Å². The SMILES string of the molecule is CCCN(CCC)CCC(N)c1cccc(C)c1. The Bertz CT molecular complexity index is 330. The molecule has 2 N–H and O–H groups in total. The van der Waals surface area contributed by atoms with E-state index in [2.05, 4.69) is 49.9 Å². The molecule has 0 bridgehead atoms. The first kappa shape index (κ1) is 15.2. The number of rotatable bonds is 8. The predicted molar refractivity (Wildman–Crippen MR) is 79.7 cm³/mol. The molecule has 0 aliphatic carbocycles. The monoisotopic (exact) mass is 248 g/mol. The number of aryl methyl sites for hydroxylation is 1. The van der Waals surface area contributed by atoms with Gasteiger partial charge in [0.15, 0.2) is 0 Å². The van der Waals surface area contributed by atoms with Crippen molar-refractivity contribution in [2.24, 2.45) is 5.73 Å². The quantitative estimate of drug-likeness (QED) is 0.763. The van der Waals surface area contributed by atoms with Crippen LogP contribution in [0.4, 0.5) is 0 Å². The Kier molecular flexibility index (Phi) is 6.99. The van der Waals surface area contributed by atoms with Gasteiger partial charge in [-0.3, -0.25) is 0 Å². The first-order valence-electron chi connectivity index (χ1n) is 7.21. The average Bonchev–Trinajstić information content (AvgIpc) is 2.36. The minimum atomic E-state index is 0.168. The summed E-state index contributed by atoms with van der Waals surface area (Å²) in [5.74, 6) is 0. The molecule has 0 aliphatic rings. The molecule has 1 aromatic rings. The predicted octanol–water partition coefficient (Wildman–Crippen LogP) is 3.51. The van der Waals surface area contributed by atoms with Gasteiger partial charge in [0.2, 0.25) is 0 Å². The van der Waals surface area contributed by atoms with E-state index in [0.29, 0.717) is 0 Å². The van der Waals surface area contributed by atoms with Crippen LogP contribution in [0.3, 0.4) is 0 Å². The normalized spacial score (nSPS) is 12.9. The third-order valence-corrected chi connectivity index (χ3v) is 3.31. The third kappa shape index (κ3) is 5.19. The van der Waals surface area contributed by atoms with Gasteiger partial charge in [0, 0.05) is 6.04 Å². The molecule has 0 saturated carbocycles. The second-order valence-corrected chi connectivity index (χ2v) is 5.15. The van der Waals surface area contributed by atoms with E-state index in [1.807, 2.05) is 0 Å². The lowest BCUT2D eigenvalue weighted by Crippen LogP contribution is -2.29. The Labute approximate surface area is 112 Å². The number of nitrogens with two attached hydrogens (primary N) is 1. The van der Waals surface area contributed by atoms with Crippen LogP contribution in [0.5, 0.6) is 0 Å². The second kappa shape index (κ2) is 8.28. The van der Waals surface area contributed by atoms with Crippen molar-refractivity contribution >= 4 is 0 Å². The fourth-order valence-corrected chi connectivity index (χ4v) is 2.36. The molecule has 2 nitrogen and oxygen atoms in total. The summed E-state index contributed by atoms with van der Waals surface area (Å²) in [6, 6.07) is 8.73. The number of nitrogens with zero attached hydrogens (tertiary/aromatic N) is 1. The van der Waals surface area contributed by atoms with E-state index in [4.69, 9.17) is 5.73 Å². The summed E-state index contributed by atoms with van der Waals surface area (Å²) in [4.78, 5) is 2.52. The lowest BCUT2D eigenvalue weighted by Gasteiger charge is -2.23. The molecule has 1 atom stereocenters. The van der Waals surface area contributed by atoms with Gasteiger partial charge in [-0.2, -0.15) is 0 Å². The van der Waals surface area contributed by atoms with Crippen molar-refractivity contribution in [3.8, 4) is 0 Å². The van der Waals surface area contributed by atoms with E-state index < -0.39 is 0 Å². The molecule has 0 amide bonds. The van der Waals surface area contributed by atoms with Gasteiger partial charge in [0.05, 0.1) is 0 Å². The fourth-order valence-electron chi connectivity index (χ4n) is 2.36. The first-order chi connectivity index (χ1) is 8.67. The number of benzene rings is 1. The lowest BCUT2D eigenvalue weighted by molar-refractivity contribution is 0.264. The number of hydrogen-bond donors (Lipinski definition) is 1. The molecule has 0 spiro atoms. The lowest BCUT2D eigenvalue weighted by atomic mass is 10.0. The molecule has 0 heterocycles. The van der Waals surface area contributed by atoms with E-state index in [1.54, 1.807) is 0 Å². The van der Waals surface area contributed by atoms with E-state index in [-0.39, 0.29) is 6.04 Å².